The van der Waals surface area contributed by atoms with Crippen LogP contribution in [0.3, 0.4) is 0 Å². The lowest BCUT2D eigenvalue weighted by molar-refractivity contribution is -0.140. The summed E-state index contributed by atoms with van der Waals surface area (Å²) in [5.74, 6) is -0.375. The molecule has 1 aromatic carbocycles. The second kappa shape index (κ2) is 6.14. The van der Waals surface area contributed by atoms with E-state index in [0.717, 1.165) is 0 Å². The maximum Gasteiger partial charge on any atom is 0.319 e. The molecular weight excluding hydrogens is 264 g/mol. The zero-order chi connectivity index (χ0) is 14.5. The molecule has 1 aliphatic heterocycles. The molecule has 7 nitrogen and oxygen atoms in total. The van der Waals surface area contributed by atoms with E-state index in [0.29, 0.717) is 30.4 Å². The highest BCUT2D eigenvalue weighted by atomic mass is 16.6. The minimum absolute atomic E-state index is 0.0612. The molecule has 0 radical (unpaired) electrons. The summed E-state index contributed by atoms with van der Waals surface area (Å²) in [7, 11) is 0. The molecule has 1 heterocycles. The van der Waals surface area contributed by atoms with Crippen LogP contribution in [0.15, 0.2) is 18.2 Å². The number of carboxylic acid groups (broad SMARTS) is 1. The lowest BCUT2D eigenvalue weighted by atomic mass is 10.2. The molecule has 108 valence electrons. The molecule has 0 fully saturated rings. The Kier molecular flexibility index (Phi) is 4.29. The van der Waals surface area contributed by atoms with Gasteiger partial charge in [0.05, 0.1) is 5.92 Å². The van der Waals surface area contributed by atoms with Crippen LogP contribution in [0.5, 0.6) is 11.5 Å². The number of fused-ring (bicyclic) bond motifs is 1. The Morgan fingerprint density at radius 2 is 2.00 bits per heavy atom. The van der Waals surface area contributed by atoms with E-state index in [9.17, 15) is 9.59 Å². The minimum Gasteiger partial charge on any atom is -0.486 e. The first-order chi connectivity index (χ1) is 9.56. The molecule has 0 saturated heterocycles. The van der Waals surface area contributed by atoms with E-state index in [1.54, 1.807) is 18.2 Å². The van der Waals surface area contributed by atoms with Gasteiger partial charge in [0, 0.05) is 18.3 Å². The first-order valence-electron chi connectivity index (χ1n) is 6.23. The fourth-order valence-electron chi connectivity index (χ4n) is 1.63. The molecule has 0 saturated carbocycles. The van der Waals surface area contributed by atoms with Crippen molar-refractivity contribution >= 4 is 17.7 Å². The quantitative estimate of drug-likeness (QED) is 0.772. The second-order valence-corrected chi connectivity index (χ2v) is 4.43. The van der Waals surface area contributed by atoms with Gasteiger partial charge < -0.3 is 25.2 Å². The predicted molar refractivity (Wildman–Crippen MR) is 71.3 cm³/mol. The summed E-state index contributed by atoms with van der Waals surface area (Å²) in [5, 5.41) is 13.8. The summed E-state index contributed by atoms with van der Waals surface area (Å²) in [6.07, 6.45) is 0. The number of hydrogen-bond donors (Lipinski definition) is 3. The van der Waals surface area contributed by atoms with Gasteiger partial charge >= 0.3 is 12.0 Å². The Morgan fingerprint density at radius 3 is 2.70 bits per heavy atom. The fourth-order valence-corrected chi connectivity index (χ4v) is 1.63. The largest absolute Gasteiger partial charge is 0.486 e. The monoisotopic (exact) mass is 280 g/mol. The van der Waals surface area contributed by atoms with E-state index in [-0.39, 0.29) is 6.54 Å². The van der Waals surface area contributed by atoms with Gasteiger partial charge in [0.2, 0.25) is 0 Å². The molecule has 0 spiro atoms. The topological polar surface area (TPSA) is 96.9 Å². The summed E-state index contributed by atoms with van der Waals surface area (Å²) >= 11 is 0. The first-order valence-corrected chi connectivity index (χ1v) is 6.23. The molecule has 0 bridgehead atoms. The number of carbonyl (C=O) groups is 2. The van der Waals surface area contributed by atoms with Crippen molar-refractivity contribution in [2.45, 2.75) is 6.92 Å². The van der Waals surface area contributed by atoms with Crippen LogP contribution in [-0.2, 0) is 4.79 Å². The van der Waals surface area contributed by atoms with Crippen molar-refractivity contribution in [2.24, 2.45) is 5.92 Å². The van der Waals surface area contributed by atoms with Gasteiger partial charge in [-0.3, -0.25) is 4.79 Å². The number of nitrogens with one attached hydrogen (secondary N) is 2. The third-order valence-corrected chi connectivity index (χ3v) is 2.79. The van der Waals surface area contributed by atoms with Gasteiger partial charge in [-0.05, 0) is 12.1 Å². The third kappa shape index (κ3) is 3.53. The maximum atomic E-state index is 11.6. The minimum atomic E-state index is -0.954. The van der Waals surface area contributed by atoms with Crippen LogP contribution >= 0.6 is 0 Å². The highest BCUT2D eigenvalue weighted by Gasteiger charge is 2.14. The van der Waals surface area contributed by atoms with E-state index in [1.807, 2.05) is 0 Å². The lowest BCUT2D eigenvalue weighted by Crippen LogP contribution is -2.34. The molecule has 2 amide bonds. The number of urea groups is 1. The highest BCUT2D eigenvalue weighted by Crippen LogP contribution is 2.32. The van der Waals surface area contributed by atoms with Crippen molar-refractivity contribution in [1.82, 2.24) is 5.32 Å². The van der Waals surface area contributed by atoms with E-state index < -0.39 is 17.9 Å². The summed E-state index contributed by atoms with van der Waals surface area (Å²) in [6, 6.07) is 4.60. The van der Waals surface area contributed by atoms with Crippen LogP contribution < -0.4 is 20.1 Å². The molecule has 7 heteroatoms. The number of amides is 2. The van der Waals surface area contributed by atoms with Crippen molar-refractivity contribution in [3.63, 3.8) is 0 Å². The molecule has 2 rings (SSSR count). The standard InChI is InChI=1S/C13H16N2O5/c1-8(12(16)17)7-14-13(18)15-9-2-3-10-11(6-9)20-5-4-19-10/h2-3,6,8H,4-5,7H2,1H3,(H,16,17)(H2,14,15,18). The Balaban J connectivity index is 1.89. The van der Waals surface area contributed by atoms with Gasteiger partial charge in [-0.1, -0.05) is 6.92 Å². The normalized spacial score (nSPS) is 14.2. The van der Waals surface area contributed by atoms with E-state index >= 15 is 0 Å². The Hall–Kier alpha value is -2.44. The molecule has 1 atom stereocenters. The molecule has 1 aliphatic rings. The van der Waals surface area contributed by atoms with Crippen LogP contribution in [0.1, 0.15) is 6.92 Å². The number of hydrogen-bond acceptors (Lipinski definition) is 4. The first kappa shape index (κ1) is 14.0. The summed E-state index contributed by atoms with van der Waals surface area (Å²) in [5.41, 5.74) is 0.551. The van der Waals surface area contributed by atoms with Crippen molar-refractivity contribution in [3.05, 3.63) is 18.2 Å². The van der Waals surface area contributed by atoms with Gasteiger partial charge in [0.25, 0.3) is 0 Å². The zero-order valence-electron chi connectivity index (χ0n) is 11.0. The van der Waals surface area contributed by atoms with Crippen LogP contribution in [0.4, 0.5) is 10.5 Å². The van der Waals surface area contributed by atoms with Crippen molar-refractivity contribution in [1.29, 1.82) is 0 Å². The predicted octanol–water partition coefficient (Wildman–Crippen LogP) is 1.30. The van der Waals surface area contributed by atoms with Gasteiger partial charge in [-0.25, -0.2) is 4.79 Å². The maximum absolute atomic E-state index is 11.6. The summed E-state index contributed by atoms with van der Waals surface area (Å²) in [6.45, 7) is 2.56. The van der Waals surface area contributed by atoms with Crippen LogP contribution in [0.25, 0.3) is 0 Å². The molecule has 1 unspecified atom stereocenters. The molecule has 1 aromatic rings. The molecule has 0 aromatic heterocycles. The van der Waals surface area contributed by atoms with Crippen LogP contribution in [0.2, 0.25) is 0 Å². The number of carbonyl (C=O) groups excluding carboxylic acids is 1. The van der Waals surface area contributed by atoms with Gasteiger partial charge in [0.1, 0.15) is 13.2 Å². The van der Waals surface area contributed by atoms with Gasteiger partial charge in [0.15, 0.2) is 11.5 Å². The molecule has 3 N–H and O–H groups in total. The van der Waals surface area contributed by atoms with Crippen LogP contribution in [-0.4, -0.2) is 36.9 Å². The molecular formula is C13H16N2O5. The van der Waals surface area contributed by atoms with Crippen molar-refractivity contribution in [3.8, 4) is 11.5 Å². The second-order valence-electron chi connectivity index (χ2n) is 4.43. The number of aliphatic carboxylic acids is 1. The number of carboxylic acids is 1. The molecule has 0 aliphatic carbocycles. The third-order valence-electron chi connectivity index (χ3n) is 2.79. The number of rotatable bonds is 4. The SMILES string of the molecule is CC(CNC(=O)Nc1ccc2c(c1)OCCO2)C(=O)O. The Labute approximate surface area is 115 Å². The van der Waals surface area contributed by atoms with Crippen molar-refractivity contribution in [2.75, 3.05) is 25.1 Å². The fraction of sp³-hybridized carbons (Fsp3) is 0.385. The van der Waals surface area contributed by atoms with Gasteiger partial charge in [-0.2, -0.15) is 0 Å². The number of benzene rings is 1. The van der Waals surface area contributed by atoms with E-state index in [4.69, 9.17) is 14.6 Å². The average Bonchev–Trinajstić information content (AvgIpc) is 2.44. The van der Waals surface area contributed by atoms with E-state index in [2.05, 4.69) is 10.6 Å². The zero-order valence-corrected chi connectivity index (χ0v) is 11.0. The van der Waals surface area contributed by atoms with E-state index in [1.165, 1.54) is 6.92 Å². The Bertz CT molecular complexity index is 517. The van der Waals surface area contributed by atoms with Crippen LogP contribution in [0, 0.1) is 5.92 Å². The average molecular weight is 280 g/mol. The lowest BCUT2D eigenvalue weighted by Gasteiger charge is -2.19. The summed E-state index contributed by atoms with van der Waals surface area (Å²) < 4.78 is 10.8. The number of ether oxygens (including phenoxy) is 2. The van der Waals surface area contributed by atoms with Gasteiger partial charge in [-0.15, -0.1) is 0 Å². The van der Waals surface area contributed by atoms with Crippen molar-refractivity contribution < 1.29 is 24.2 Å². The highest BCUT2D eigenvalue weighted by molar-refractivity contribution is 5.90. The number of anilines is 1. The Morgan fingerprint density at radius 1 is 1.30 bits per heavy atom. The molecule has 20 heavy (non-hydrogen) atoms. The smallest absolute Gasteiger partial charge is 0.319 e. The summed E-state index contributed by atoms with van der Waals surface area (Å²) in [4.78, 5) is 22.2.